The summed E-state index contributed by atoms with van der Waals surface area (Å²) < 4.78 is 10.9. The maximum atomic E-state index is 11.8. The Morgan fingerprint density at radius 3 is 2.26 bits per heavy atom. The molecule has 0 unspecified atom stereocenters. The Bertz CT molecular complexity index is 550. The van der Waals surface area contributed by atoms with Crippen molar-refractivity contribution < 1.29 is 19.1 Å². The van der Waals surface area contributed by atoms with Crippen LogP contribution in [0, 0.1) is 3.57 Å². The minimum atomic E-state index is -1.23. The van der Waals surface area contributed by atoms with Crippen LogP contribution in [0.25, 0.3) is 6.08 Å². The Kier molecular flexibility index (Phi) is 3.87. The van der Waals surface area contributed by atoms with E-state index in [1.54, 1.807) is 18.2 Å². The largest absolute Gasteiger partial charge is 0.419 e. The normalized spacial score (nSPS) is 17.8. The van der Waals surface area contributed by atoms with Gasteiger partial charge in [-0.15, -0.1) is 0 Å². The van der Waals surface area contributed by atoms with Crippen LogP contribution in [0.15, 0.2) is 23.8 Å². The van der Waals surface area contributed by atoms with E-state index < -0.39 is 17.7 Å². The van der Waals surface area contributed by atoms with Gasteiger partial charge in [-0.05, 0) is 52.4 Å². The zero-order valence-electron chi connectivity index (χ0n) is 10.2. The lowest BCUT2D eigenvalue weighted by molar-refractivity contribution is -0.222. The standard InChI is InChI=1S/C13H10ClIO4/c1-13(2)18-11(16)10(12(17)19-13)5-7-3-8(14)6-9(15)4-7/h3-6H,1-2H3. The molecule has 0 aromatic heterocycles. The first-order chi connectivity index (χ1) is 8.77. The van der Waals surface area contributed by atoms with E-state index in [2.05, 4.69) is 22.6 Å². The third-order valence-electron chi connectivity index (χ3n) is 2.31. The summed E-state index contributed by atoms with van der Waals surface area (Å²) in [5, 5.41) is 0.525. The van der Waals surface area contributed by atoms with E-state index in [0.717, 1.165) is 3.57 Å². The van der Waals surface area contributed by atoms with E-state index in [-0.39, 0.29) is 5.57 Å². The molecule has 0 radical (unpaired) electrons. The zero-order valence-corrected chi connectivity index (χ0v) is 13.1. The fourth-order valence-corrected chi connectivity index (χ4v) is 2.73. The van der Waals surface area contributed by atoms with Gasteiger partial charge in [0.25, 0.3) is 5.79 Å². The number of halogens is 2. The lowest BCUT2D eigenvalue weighted by Crippen LogP contribution is -2.41. The molecule has 0 spiro atoms. The molecule has 1 saturated heterocycles. The van der Waals surface area contributed by atoms with Gasteiger partial charge in [0, 0.05) is 22.4 Å². The molecule has 0 atom stereocenters. The van der Waals surface area contributed by atoms with Crippen LogP contribution in [-0.4, -0.2) is 17.7 Å². The average molecular weight is 393 g/mol. The van der Waals surface area contributed by atoms with Crippen LogP contribution in [0.2, 0.25) is 5.02 Å². The summed E-state index contributed by atoms with van der Waals surface area (Å²) in [5.74, 6) is -2.62. The van der Waals surface area contributed by atoms with Crippen molar-refractivity contribution in [1.29, 1.82) is 0 Å². The summed E-state index contributed by atoms with van der Waals surface area (Å²) in [6.07, 6.45) is 1.41. The molecule has 0 saturated carbocycles. The second kappa shape index (κ2) is 5.13. The predicted octanol–water partition coefficient (Wildman–Crippen LogP) is 3.16. The number of ether oxygens (including phenoxy) is 2. The Balaban J connectivity index is 2.38. The van der Waals surface area contributed by atoms with Gasteiger partial charge in [-0.3, -0.25) is 0 Å². The van der Waals surface area contributed by atoms with E-state index in [0.29, 0.717) is 10.6 Å². The Morgan fingerprint density at radius 1 is 1.16 bits per heavy atom. The van der Waals surface area contributed by atoms with Crippen LogP contribution in [0.5, 0.6) is 0 Å². The Morgan fingerprint density at radius 2 is 1.74 bits per heavy atom. The van der Waals surface area contributed by atoms with E-state index in [1.165, 1.54) is 19.9 Å². The van der Waals surface area contributed by atoms with Gasteiger partial charge in [0.1, 0.15) is 5.57 Å². The third kappa shape index (κ3) is 3.48. The minimum Gasteiger partial charge on any atom is -0.419 e. The van der Waals surface area contributed by atoms with Gasteiger partial charge in [0.15, 0.2) is 0 Å². The minimum absolute atomic E-state index is 0.141. The second-order valence-electron chi connectivity index (χ2n) is 4.44. The van der Waals surface area contributed by atoms with Crippen LogP contribution < -0.4 is 0 Å². The van der Waals surface area contributed by atoms with Crippen molar-refractivity contribution in [3.63, 3.8) is 0 Å². The van der Waals surface area contributed by atoms with Crippen LogP contribution in [0.1, 0.15) is 19.4 Å². The van der Waals surface area contributed by atoms with Crippen molar-refractivity contribution in [2.24, 2.45) is 0 Å². The number of rotatable bonds is 1. The molecule has 100 valence electrons. The highest BCUT2D eigenvalue weighted by molar-refractivity contribution is 14.1. The first kappa shape index (κ1) is 14.3. The van der Waals surface area contributed by atoms with E-state index in [4.69, 9.17) is 21.1 Å². The van der Waals surface area contributed by atoms with Crippen LogP contribution in [0.4, 0.5) is 0 Å². The average Bonchev–Trinajstić information content (AvgIpc) is 2.20. The molecule has 1 fully saturated rings. The molecule has 1 aliphatic heterocycles. The number of hydrogen-bond donors (Lipinski definition) is 0. The monoisotopic (exact) mass is 392 g/mol. The van der Waals surface area contributed by atoms with Crippen LogP contribution in [-0.2, 0) is 19.1 Å². The first-order valence-electron chi connectivity index (χ1n) is 5.41. The van der Waals surface area contributed by atoms with E-state index in [1.807, 2.05) is 0 Å². The summed E-state index contributed by atoms with van der Waals surface area (Å²) in [4.78, 5) is 23.5. The van der Waals surface area contributed by atoms with Crippen molar-refractivity contribution >= 4 is 52.2 Å². The number of esters is 2. The van der Waals surface area contributed by atoms with Gasteiger partial charge in [0.05, 0.1) is 0 Å². The molecular formula is C13H10ClIO4. The van der Waals surface area contributed by atoms with Gasteiger partial charge >= 0.3 is 11.9 Å². The molecular weight excluding hydrogens is 382 g/mol. The fourth-order valence-electron chi connectivity index (χ4n) is 1.60. The summed E-state index contributed by atoms with van der Waals surface area (Å²) in [6, 6.07) is 5.21. The van der Waals surface area contributed by atoms with E-state index in [9.17, 15) is 9.59 Å². The van der Waals surface area contributed by atoms with Gasteiger partial charge in [-0.1, -0.05) is 11.6 Å². The van der Waals surface area contributed by atoms with Crippen molar-refractivity contribution in [1.82, 2.24) is 0 Å². The lowest BCUT2D eigenvalue weighted by Gasteiger charge is -2.29. The van der Waals surface area contributed by atoms with E-state index >= 15 is 0 Å². The SMILES string of the molecule is CC1(C)OC(=O)C(=Cc2cc(Cl)cc(I)c2)C(=O)O1. The van der Waals surface area contributed by atoms with Gasteiger partial charge in [-0.25, -0.2) is 9.59 Å². The predicted molar refractivity (Wildman–Crippen MR) is 78.4 cm³/mol. The molecule has 0 aliphatic carbocycles. The number of carbonyl (C=O) groups is 2. The highest BCUT2D eigenvalue weighted by atomic mass is 127. The highest BCUT2D eigenvalue weighted by Gasteiger charge is 2.38. The lowest BCUT2D eigenvalue weighted by atomic mass is 10.1. The molecule has 0 bridgehead atoms. The highest BCUT2D eigenvalue weighted by Crippen LogP contribution is 2.25. The summed E-state index contributed by atoms with van der Waals surface area (Å²) in [6.45, 7) is 3.00. The van der Waals surface area contributed by atoms with Crippen molar-refractivity contribution in [3.05, 3.63) is 37.9 Å². The smallest absolute Gasteiger partial charge is 0.348 e. The number of hydrogen-bond acceptors (Lipinski definition) is 4. The molecule has 1 aromatic carbocycles. The molecule has 1 aliphatic rings. The second-order valence-corrected chi connectivity index (χ2v) is 6.12. The Hall–Kier alpha value is -1.08. The summed E-state index contributed by atoms with van der Waals surface area (Å²) in [5.41, 5.74) is 0.498. The van der Waals surface area contributed by atoms with Gasteiger partial charge in [-0.2, -0.15) is 0 Å². The molecule has 4 nitrogen and oxygen atoms in total. The van der Waals surface area contributed by atoms with Gasteiger partial charge < -0.3 is 9.47 Å². The molecule has 0 N–H and O–H groups in total. The zero-order chi connectivity index (χ0) is 14.2. The quantitative estimate of drug-likeness (QED) is 0.319. The maximum Gasteiger partial charge on any atom is 0.348 e. The molecule has 19 heavy (non-hydrogen) atoms. The fraction of sp³-hybridized carbons (Fsp3) is 0.231. The number of carbonyl (C=O) groups excluding carboxylic acids is 2. The molecule has 6 heteroatoms. The number of cyclic esters (lactones) is 2. The molecule has 1 heterocycles. The Labute approximate surface area is 128 Å². The third-order valence-corrected chi connectivity index (χ3v) is 3.15. The molecule has 1 aromatic rings. The van der Waals surface area contributed by atoms with Crippen LogP contribution >= 0.6 is 34.2 Å². The van der Waals surface area contributed by atoms with Crippen molar-refractivity contribution in [3.8, 4) is 0 Å². The number of benzene rings is 1. The first-order valence-corrected chi connectivity index (χ1v) is 6.87. The molecule has 0 amide bonds. The summed E-state index contributed by atoms with van der Waals surface area (Å²) >= 11 is 8.01. The summed E-state index contributed by atoms with van der Waals surface area (Å²) in [7, 11) is 0. The molecule has 2 rings (SSSR count). The van der Waals surface area contributed by atoms with Crippen LogP contribution in [0.3, 0.4) is 0 Å². The topological polar surface area (TPSA) is 52.6 Å². The maximum absolute atomic E-state index is 11.8. The van der Waals surface area contributed by atoms with Crippen molar-refractivity contribution in [2.45, 2.75) is 19.6 Å². The van der Waals surface area contributed by atoms with Crippen molar-refractivity contribution in [2.75, 3.05) is 0 Å². The van der Waals surface area contributed by atoms with Gasteiger partial charge in [0.2, 0.25) is 0 Å².